The van der Waals surface area contributed by atoms with Gasteiger partial charge in [-0.15, -0.1) is 10.2 Å². The van der Waals surface area contributed by atoms with Crippen LogP contribution in [0.4, 0.5) is 0 Å². The summed E-state index contributed by atoms with van der Waals surface area (Å²) in [6, 6.07) is 14.4. The van der Waals surface area contributed by atoms with E-state index in [4.69, 9.17) is 20.8 Å². The van der Waals surface area contributed by atoms with Crippen molar-refractivity contribution >= 4 is 35.4 Å². The van der Waals surface area contributed by atoms with Gasteiger partial charge in [0, 0.05) is 22.4 Å². The van der Waals surface area contributed by atoms with E-state index in [0.29, 0.717) is 28.8 Å². The van der Waals surface area contributed by atoms with Crippen LogP contribution in [-0.4, -0.2) is 16.2 Å². The molecule has 0 unspecified atom stereocenters. The molecule has 8 heteroatoms. The first-order valence-electron chi connectivity index (χ1n) is 7.88. The van der Waals surface area contributed by atoms with Gasteiger partial charge in [0.15, 0.2) is 0 Å². The molecule has 0 amide bonds. The second-order valence-electron chi connectivity index (χ2n) is 5.44. The highest BCUT2D eigenvalue weighted by molar-refractivity contribution is 8.03. The number of ether oxygens (including phenoxy) is 1. The topological polar surface area (TPSA) is 88.3 Å². The van der Waals surface area contributed by atoms with Crippen molar-refractivity contribution in [2.24, 2.45) is 0 Å². The number of carboxylic acids is 1. The summed E-state index contributed by atoms with van der Waals surface area (Å²) in [6.45, 7) is 1.94. The lowest BCUT2D eigenvalue weighted by Crippen LogP contribution is -2.23. The molecule has 0 saturated heterocycles. The number of aromatic nitrogens is 2. The van der Waals surface area contributed by atoms with Crippen molar-refractivity contribution in [1.29, 1.82) is 0 Å². The molecule has 138 valence electrons. The Hall–Kier alpha value is -2.77. The smallest absolute Gasteiger partial charge is 0.281 e. The summed E-state index contributed by atoms with van der Waals surface area (Å²) in [6.07, 6.45) is 1.46. The summed E-state index contributed by atoms with van der Waals surface area (Å²) in [5.41, 5.74) is 1.53. The summed E-state index contributed by atoms with van der Waals surface area (Å²) in [7, 11) is 0. The van der Waals surface area contributed by atoms with Gasteiger partial charge in [-0.2, -0.15) is 0 Å². The first kappa shape index (κ1) is 19.0. The third-order valence-electron chi connectivity index (χ3n) is 3.42. The zero-order chi connectivity index (χ0) is 19.2. The summed E-state index contributed by atoms with van der Waals surface area (Å²) in [5, 5.41) is 19.7. The zero-order valence-electron chi connectivity index (χ0n) is 14.2. The lowest BCUT2D eigenvalue weighted by Gasteiger charge is -2.11. The number of carbonyl (C=O) groups is 1. The first-order valence-corrected chi connectivity index (χ1v) is 9.08. The molecule has 27 heavy (non-hydrogen) atoms. The van der Waals surface area contributed by atoms with Gasteiger partial charge in [0.2, 0.25) is 5.89 Å². The Bertz CT molecular complexity index is 970. The van der Waals surface area contributed by atoms with Crippen LogP contribution in [0.3, 0.4) is 0 Å². The number of aliphatic carboxylic acids is 1. The largest absolute Gasteiger partial charge is 0.544 e. The van der Waals surface area contributed by atoms with Gasteiger partial charge in [-0.3, -0.25) is 0 Å². The number of aryl methyl sites for hydroxylation is 1. The predicted octanol–water partition coefficient (Wildman–Crippen LogP) is 3.49. The Morgan fingerprint density at radius 3 is 2.63 bits per heavy atom. The number of thioether (sulfide) groups is 1. The number of para-hydroxylation sites is 1. The van der Waals surface area contributed by atoms with E-state index in [1.807, 2.05) is 18.2 Å². The Kier molecular flexibility index (Phi) is 6.16. The van der Waals surface area contributed by atoms with Gasteiger partial charge in [0.25, 0.3) is 5.22 Å². The van der Waals surface area contributed by atoms with Crippen LogP contribution in [0.2, 0.25) is 5.02 Å². The number of nitrogens with zero attached hydrogens (tertiary/aromatic N) is 2. The van der Waals surface area contributed by atoms with Crippen LogP contribution in [-0.2, 0) is 11.4 Å². The van der Waals surface area contributed by atoms with Crippen molar-refractivity contribution in [2.75, 3.05) is 0 Å². The summed E-state index contributed by atoms with van der Waals surface area (Å²) >= 11 is 6.71. The second kappa shape index (κ2) is 8.75. The van der Waals surface area contributed by atoms with Crippen molar-refractivity contribution in [3.8, 4) is 5.75 Å². The van der Waals surface area contributed by atoms with E-state index in [-0.39, 0.29) is 10.1 Å². The minimum Gasteiger partial charge on any atom is -0.544 e. The number of carboxylic acid groups (broad SMARTS) is 1. The maximum atomic E-state index is 11.5. The molecule has 0 bridgehead atoms. The highest BCUT2D eigenvalue weighted by atomic mass is 35.5. The van der Waals surface area contributed by atoms with Gasteiger partial charge >= 0.3 is 0 Å². The lowest BCUT2D eigenvalue weighted by molar-refractivity contribution is -0.298. The molecule has 0 aliphatic rings. The second-order valence-corrected chi connectivity index (χ2v) is 6.87. The molecular weight excluding hydrogens is 388 g/mol. The maximum absolute atomic E-state index is 11.5. The van der Waals surface area contributed by atoms with Crippen molar-refractivity contribution in [3.63, 3.8) is 0 Å². The van der Waals surface area contributed by atoms with Gasteiger partial charge in [0.05, 0.1) is 5.97 Å². The molecule has 2 aromatic carbocycles. The maximum Gasteiger partial charge on any atom is 0.281 e. The van der Waals surface area contributed by atoms with Crippen molar-refractivity contribution < 1.29 is 19.1 Å². The minimum atomic E-state index is -1.34. The average molecular weight is 402 g/mol. The first-order chi connectivity index (χ1) is 13.0. The van der Waals surface area contributed by atoms with Crippen LogP contribution in [0.1, 0.15) is 17.0 Å². The Morgan fingerprint density at radius 1 is 1.22 bits per heavy atom. The van der Waals surface area contributed by atoms with E-state index in [0.717, 1.165) is 17.3 Å². The van der Waals surface area contributed by atoms with Crippen LogP contribution in [0.5, 0.6) is 5.75 Å². The van der Waals surface area contributed by atoms with Crippen LogP contribution in [0, 0.1) is 6.92 Å². The predicted molar refractivity (Wildman–Crippen MR) is 100 cm³/mol. The fraction of sp³-hybridized carbons (Fsp3) is 0.105. The lowest BCUT2D eigenvalue weighted by atomic mass is 10.2. The van der Waals surface area contributed by atoms with Crippen LogP contribution >= 0.6 is 23.4 Å². The van der Waals surface area contributed by atoms with E-state index in [9.17, 15) is 9.90 Å². The monoisotopic (exact) mass is 401 g/mol. The van der Waals surface area contributed by atoms with E-state index >= 15 is 0 Å². The molecule has 0 fully saturated rings. The molecule has 6 nitrogen and oxygen atoms in total. The number of hydrogen-bond acceptors (Lipinski definition) is 7. The van der Waals surface area contributed by atoms with Crippen LogP contribution in [0.25, 0.3) is 6.08 Å². The van der Waals surface area contributed by atoms with E-state index in [2.05, 4.69) is 10.2 Å². The Morgan fingerprint density at radius 2 is 1.96 bits per heavy atom. The average Bonchev–Trinajstić information content (AvgIpc) is 3.06. The van der Waals surface area contributed by atoms with Gasteiger partial charge in [-0.1, -0.05) is 41.9 Å². The molecule has 0 saturated carbocycles. The standard InChI is InChI=1S/C19H15ClN2O4S/c1-12-21-22-19(26-12)27-17(18(23)24)10-14-4-2-3-5-16(14)25-11-13-6-8-15(20)9-7-13/h2-10H,11H2,1H3,(H,23,24)/p-1/b17-10+. The molecule has 0 N–H and O–H groups in total. The zero-order valence-corrected chi connectivity index (χ0v) is 15.8. The number of carbonyl (C=O) groups excluding carboxylic acids is 1. The molecule has 0 aliphatic heterocycles. The molecule has 0 atom stereocenters. The molecule has 0 radical (unpaired) electrons. The highest BCUT2D eigenvalue weighted by Crippen LogP contribution is 2.30. The van der Waals surface area contributed by atoms with Gasteiger partial charge in [-0.05, 0) is 41.6 Å². The summed E-state index contributed by atoms with van der Waals surface area (Å²) in [4.78, 5) is 11.4. The fourth-order valence-corrected chi connectivity index (χ4v) is 2.99. The van der Waals surface area contributed by atoms with E-state index in [1.165, 1.54) is 6.08 Å². The Labute approximate surface area is 164 Å². The Balaban J connectivity index is 1.81. The van der Waals surface area contributed by atoms with Crippen LogP contribution in [0.15, 0.2) is 63.1 Å². The quantitative estimate of drug-likeness (QED) is 0.442. The fourth-order valence-electron chi connectivity index (χ4n) is 2.16. The number of benzene rings is 2. The molecule has 1 aromatic heterocycles. The van der Waals surface area contributed by atoms with Gasteiger partial charge in [0.1, 0.15) is 12.4 Å². The third-order valence-corrected chi connectivity index (χ3v) is 4.52. The van der Waals surface area contributed by atoms with E-state index in [1.54, 1.807) is 37.3 Å². The van der Waals surface area contributed by atoms with Crippen LogP contribution < -0.4 is 9.84 Å². The number of halogens is 1. The van der Waals surface area contributed by atoms with Crippen molar-refractivity contribution in [3.05, 3.63) is 75.5 Å². The molecule has 3 rings (SSSR count). The molecule has 0 aliphatic carbocycles. The highest BCUT2D eigenvalue weighted by Gasteiger charge is 2.10. The summed E-state index contributed by atoms with van der Waals surface area (Å²) in [5.74, 6) is -0.459. The molecule has 0 spiro atoms. The van der Waals surface area contributed by atoms with Gasteiger partial charge in [-0.25, -0.2) is 0 Å². The molecule has 1 heterocycles. The summed E-state index contributed by atoms with van der Waals surface area (Å²) < 4.78 is 11.1. The molecular formula is C19H14ClN2O4S-. The molecule has 3 aromatic rings. The van der Waals surface area contributed by atoms with Gasteiger partial charge < -0.3 is 19.1 Å². The third kappa shape index (κ3) is 5.35. The van der Waals surface area contributed by atoms with E-state index < -0.39 is 5.97 Å². The SMILES string of the molecule is Cc1nnc(S/C(=C/c2ccccc2OCc2ccc(Cl)cc2)C(=O)[O-])o1. The van der Waals surface area contributed by atoms with Crippen molar-refractivity contribution in [2.45, 2.75) is 18.8 Å². The number of rotatable bonds is 7. The number of hydrogen-bond donors (Lipinski definition) is 0. The normalized spacial score (nSPS) is 11.4. The van der Waals surface area contributed by atoms with Crippen molar-refractivity contribution in [1.82, 2.24) is 10.2 Å². The minimum absolute atomic E-state index is 0.0683.